The molecule has 1 aliphatic heterocycles. The Labute approximate surface area is 108 Å². The summed E-state index contributed by atoms with van der Waals surface area (Å²) in [5.41, 5.74) is 0. The van der Waals surface area contributed by atoms with E-state index in [2.05, 4.69) is 5.32 Å². The molecule has 0 aromatic heterocycles. The molecule has 1 saturated heterocycles. The minimum Gasteiger partial charge on any atom is -0.379 e. The minimum absolute atomic E-state index is 0.0329. The van der Waals surface area contributed by atoms with Gasteiger partial charge in [0.1, 0.15) is 0 Å². The number of ether oxygens (including phenoxy) is 1. The average Bonchev–Trinajstić information content (AvgIpc) is 2.91. The molecule has 4 nitrogen and oxygen atoms in total. The SMILES string of the molecule is COC(CS(=O)(=O)c1ccccc1)C1CCCN1. The molecule has 0 bridgehead atoms. The number of hydrogen-bond acceptors (Lipinski definition) is 4. The number of methoxy groups -OCH3 is 1. The van der Waals surface area contributed by atoms with Crippen molar-refractivity contribution < 1.29 is 13.2 Å². The number of rotatable bonds is 5. The largest absolute Gasteiger partial charge is 0.379 e. The molecule has 0 amide bonds. The average molecular weight is 269 g/mol. The second-order valence-electron chi connectivity index (χ2n) is 4.57. The van der Waals surface area contributed by atoms with Crippen LogP contribution in [-0.2, 0) is 14.6 Å². The van der Waals surface area contributed by atoms with E-state index in [1.54, 1.807) is 31.4 Å². The molecule has 1 aromatic rings. The molecule has 0 saturated carbocycles. The maximum absolute atomic E-state index is 12.3. The van der Waals surface area contributed by atoms with Gasteiger partial charge in [-0.3, -0.25) is 0 Å². The zero-order valence-electron chi connectivity index (χ0n) is 10.5. The van der Waals surface area contributed by atoms with E-state index in [0.29, 0.717) is 4.90 Å². The fourth-order valence-electron chi connectivity index (χ4n) is 2.32. The van der Waals surface area contributed by atoms with Crippen LogP contribution in [-0.4, -0.2) is 40.0 Å². The summed E-state index contributed by atoms with van der Waals surface area (Å²) in [6.07, 6.45) is 1.77. The summed E-state index contributed by atoms with van der Waals surface area (Å²) in [7, 11) is -1.70. The Balaban J connectivity index is 2.11. The van der Waals surface area contributed by atoms with Crippen LogP contribution >= 0.6 is 0 Å². The maximum Gasteiger partial charge on any atom is 0.180 e. The van der Waals surface area contributed by atoms with E-state index in [1.807, 2.05) is 6.07 Å². The molecular formula is C13H19NO3S. The highest BCUT2D eigenvalue weighted by Crippen LogP contribution is 2.17. The third-order valence-electron chi connectivity index (χ3n) is 3.34. The molecule has 1 N–H and O–H groups in total. The second-order valence-corrected chi connectivity index (χ2v) is 6.61. The summed E-state index contributed by atoms with van der Waals surface area (Å²) in [5.74, 6) is 0.0329. The normalized spacial score (nSPS) is 21.9. The van der Waals surface area contributed by atoms with Gasteiger partial charge in [0.05, 0.1) is 16.8 Å². The first-order valence-electron chi connectivity index (χ1n) is 6.17. The third-order valence-corrected chi connectivity index (χ3v) is 5.09. The monoisotopic (exact) mass is 269 g/mol. The van der Waals surface area contributed by atoms with Crippen molar-refractivity contribution in [3.63, 3.8) is 0 Å². The van der Waals surface area contributed by atoms with Crippen LogP contribution in [0.4, 0.5) is 0 Å². The Kier molecular flexibility index (Phi) is 4.37. The minimum atomic E-state index is -3.27. The highest BCUT2D eigenvalue weighted by atomic mass is 32.2. The molecule has 5 heteroatoms. The predicted octanol–water partition coefficient (Wildman–Crippen LogP) is 1.23. The van der Waals surface area contributed by atoms with Gasteiger partial charge in [-0.1, -0.05) is 18.2 Å². The zero-order chi connectivity index (χ0) is 13.0. The summed E-state index contributed by atoms with van der Waals surface area (Å²) in [4.78, 5) is 0.366. The summed E-state index contributed by atoms with van der Waals surface area (Å²) < 4.78 is 29.9. The summed E-state index contributed by atoms with van der Waals surface area (Å²) in [6.45, 7) is 0.940. The van der Waals surface area contributed by atoms with Crippen molar-refractivity contribution in [2.45, 2.75) is 29.9 Å². The van der Waals surface area contributed by atoms with Crippen molar-refractivity contribution >= 4 is 9.84 Å². The fourth-order valence-corrected chi connectivity index (χ4v) is 3.88. The third kappa shape index (κ3) is 3.10. The first-order chi connectivity index (χ1) is 8.63. The predicted molar refractivity (Wildman–Crippen MR) is 70.3 cm³/mol. The van der Waals surface area contributed by atoms with Crippen molar-refractivity contribution in [3.05, 3.63) is 30.3 Å². The number of benzene rings is 1. The maximum atomic E-state index is 12.3. The molecule has 2 rings (SSSR count). The summed E-state index contributed by atoms with van der Waals surface area (Å²) in [5, 5.41) is 3.29. The van der Waals surface area contributed by atoms with Gasteiger partial charge in [-0.05, 0) is 31.5 Å². The van der Waals surface area contributed by atoms with Crippen LogP contribution in [0.5, 0.6) is 0 Å². The molecule has 1 fully saturated rings. The van der Waals surface area contributed by atoms with Gasteiger partial charge in [0.15, 0.2) is 9.84 Å². The zero-order valence-corrected chi connectivity index (χ0v) is 11.3. The quantitative estimate of drug-likeness (QED) is 0.873. The van der Waals surface area contributed by atoms with E-state index in [4.69, 9.17) is 4.74 Å². The van der Waals surface area contributed by atoms with Crippen molar-refractivity contribution in [2.24, 2.45) is 0 Å². The topological polar surface area (TPSA) is 55.4 Å². The molecular weight excluding hydrogens is 250 g/mol. The van der Waals surface area contributed by atoms with Crippen LogP contribution in [0.25, 0.3) is 0 Å². The van der Waals surface area contributed by atoms with Gasteiger partial charge in [-0.2, -0.15) is 0 Å². The molecule has 100 valence electrons. The van der Waals surface area contributed by atoms with Gasteiger partial charge < -0.3 is 10.1 Å². The molecule has 1 aliphatic rings. The Morgan fingerprint density at radius 1 is 1.39 bits per heavy atom. The van der Waals surface area contributed by atoms with Gasteiger partial charge in [0.2, 0.25) is 0 Å². The highest BCUT2D eigenvalue weighted by molar-refractivity contribution is 7.91. The molecule has 0 radical (unpaired) electrons. The molecule has 2 atom stereocenters. The van der Waals surface area contributed by atoms with E-state index in [9.17, 15) is 8.42 Å². The van der Waals surface area contributed by atoms with Crippen LogP contribution < -0.4 is 5.32 Å². The van der Waals surface area contributed by atoms with E-state index in [-0.39, 0.29) is 17.9 Å². The molecule has 18 heavy (non-hydrogen) atoms. The molecule has 0 spiro atoms. The van der Waals surface area contributed by atoms with E-state index < -0.39 is 9.84 Å². The summed E-state index contributed by atoms with van der Waals surface area (Å²) in [6, 6.07) is 8.69. The first kappa shape index (κ1) is 13.5. The van der Waals surface area contributed by atoms with E-state index >= 15 is 0 Å². The number of hydrogen-bond donors (Lipinski definition) is 1. The number of sulfone groups is 1. The standard InChI is InChI=1S/C13H19NO3S/c1-17-13(12-8-5-9-14-12)10-18(15,16)11-6-3-2-4-7-11/h2-4,6-7,12-14H,5,8-10H2,1H3. The van der Waals surface area contributed by atoms with E-state index in [1.165, 1.54) is 0 Å². The molecule has 2 unspecified atom stereocenters. The van der Waals surface area contributed by atoms with Gasteiger partial charge in [-0.15, -0.1) is 0 Å². The lowest BCUT2D eigenvalue weighted by Crippen LogP contribution is -2.40. The lowest BCUT2D eigenvalue weighted by molar-refractivity contribution is 0.0917. The van der Waals surface area contributed by atoms with Crippen molar-refractivity contribution in [3.8, 4) is 0 Å². The van der Waals surface area contributed by atoms with Crippen molar-refractivity contribution in [1.29, 1.82) is 0 Å². The van der Waals surface area contributed by atoms with Crippen LogP contribution in [0.3, 0.4) is 0 Å². The second kappa shape index (κ2) is 5.82. The molecule has 1 heterocycles. The molecule has 0 aliphatic carbocycles. The summed E-state index contributed by atoms with van der Waals surface area (Å²) >= 11 is 0. The van der Waals surface area contributed by atoms with Gasteiger partial charge in [0.25, 0.3) is 0 Å². The Hall–Kier alpha value is -0.910. The fraction of sp³-hybridized carbons (Fsp3) is 0.538. The lowest BCUT2D eigenvalue weighted by atomic mass is 10.1. The smallest absolute Gasteiger partial charge is 0.180 e. The number of nitrogens with one attached hydrogen (secondary N) is 1. The van der Waals surface area contributed by atoms with Gasteiger partial charge >= 0.3 is 0 Å². The first-order valence-corrected chi connectivity index (χ1v) is 7.83. The Morgan fingerprint density at radius 2 is 2.11 bits per heavy atom. The van der Waals surface area contributed by atoms with Crippen molar-refractivity contribution in [1.82, 2.24) is 5.32 Å². The van der Waals surface area contributed by atoms with Crippen LogP contribution in [0, 0.1) is 0 Å². The van der Waals surface area contributed by atoms with Gasteiger partial charge in [-0.25, -0.2) is 8.42 Å². The highest BCUT2D eigenvalue weighted by Gasteiger charge is 2.29. The van der Waals surface area contributed by atoms with Crippen LogP contribution in [0.2, 0.25) is 0 Å². The Morgan fingerprint density at radius 3 is 2.67 bits per heavy atom. The molecule has 1 aromatic carbocycles. The van der Waals surface area contributed by atoms with E-state index in [0.717, 1.165) is 19.4 Å². The van der Waals surface area contributed by atoms with Crippen LogP contribution in [0.15, 0.2) is 35.2 Å². The lowest BCUT2D eigenvalue weighted by Gasteiger charge is -2.22. The van der Waals surface area contributed by atoms with Crippen molar-refractivity contribution in [2.75, 3.05) is 19.4 Å². The van der Waals surface area contributed by atoms with Gasteiger partial charge in [0, 0.05) is 13.2 Å². The van der Waals surface area contributed by atoms with Crippen LogP contribution in [0.1, 0.15) is 12.8 Å². The Bertz CT molecular complexity index is 466.